The molecule has 146 valence electrons. The average molecular weight is 387 g/mol. The molecule has 6 nitrogen and oxygen atoms in total. The van der Waals surface area contributed by atoms with Crippen LogP contribution in [0.25, 0.3) is 0 Å². The van der Waals surface area contributed by atoms with Crippen molar-refractivity contribution >= 4 is 34.6 Å². The molecule has 2 amide bonds. The fraction of sp³-hybridized carbons (Fsp3) is 0.130. The lowest BCUT2D eigenvalue weighted by molar-refractivity contribution is -0.121. The molecule has 4 rings (SSSR count). The van der Waals surface area contributed by atoms with Crippen LogP contribution in [0.5, 0.6) is 5.75 Å². The molecular formula is C23H21N3O3. The van der Waals surface area contributed by atoms with Crippen LogP contribution in [0.3, 0.4) is 0 Å². The zero-order valence-electron chi connectivity index (χ0n) is 15.8. The van der Waals surface area contributed by atoms with E-state index in [-0.39, 0.29) is 24.8 Å². The lowest BCUT2D eigenvalue weighted by Gasteiger charge is -2.29. The molecule has 2 N–H and O–H groups in total. The first kappa shape index (κ1) is 18.6. The Labute approximate surface area is 169 Å². The van der Waals surface area contributed by atoms with Crippen molar-refractivity contribution in [1.29, 1.82) is 0 Å². The fourth-order valence-electron chi connectivity index (χ4n) is 3.16. The summed E-state index contributed by atoms with van der Waals surface area (Å²) in [5.74, 6) is 0.368. The maximum absolute atomic E-state index is 12.4. The molecule has 3 aromatic carbocycles. The predicted molar refractivity (Wildman–Crippen MR) is 114 cm³/mol. The zero-order chi connectivity index (χ0) is 20.1. The number of fused-ring (bicyclic) bond motifs is 1. The van der Waals surface area contributed by atoms with Gasteiger partial charge in [-0.1, -0.05) is 30.3 Å². The lowest BCUT2D eigenvalue weighted by atomic mass is 10.2. The van der Waals surface area contributed by atoms with Crippen molar-refractivity contribution in [3.8, 4) is 5.75 Å². The lowest BCUT2D eigenvalue weighted by Crippen LogP contribution is -2.40. The second kappa shape index (κ2) is 8.48. The zero-order valence-corrected chi connectivity index (χ0v) is 15.8. The third kappa shape index (κ3) is 4.55. The number of carbonyl (C=O) groups excluding carboxylic acids is 2. The SMILES string of the molecule is O=C(CCN1C(=O)COc2ccccc21)Nc1ccc(Nc2ccccc2)cc1. The molecule has 0 saturated heterocycles. The fourth-order valence-corrected chi connectivity index (χ4v) is 3.16. The van der Waals surface area contributed by atoms with Crippen molar-refractivity contribution in [2.45, 2.75) is 6.42 Å². The quantitative estimate of drug-likeness (QED) is 0.666. The highest BCUT2D eigenvalue weighted by Crippen LogP contribution is 2.31. The second-order valence-electron chi connectivity index (χ2n) is 6.67. The van der Waals surface area contributed by atoms with Crippen LogP contribution in [0.1, 0.15) is 6.42 Å². The molecule has 1 heterocycles. The smallest absolute Gasteiger partial charge is 0.265 e. The van der Waals surface area contributed by atoms with Gasteiger partial charge >= 0.3 is 0 Å². The van der Waals surface area contributed by atoms with Gasteiger partial charge in [-0.15, -0.1) is 0 Å². The van der Waals surface area contributed by atoms with Gasteiger partial charge in [0.1, 0.15) is 5.75 Å². The summed E-state index contributed by atoms with van der Waals surface area (Å²) in [6, 6.07) is 24.7. The minimum absolute atomic E-state index is 0.00545. The van der Waals surface area contributed by atoms with Gasteiger partial charge < -0.3 is 20.3 Å². The molecule has 6 heteroatoms. The molecule has 1 aliphatic rings. The maximum atomic E-state index is 12.4. The molecule has 0 saturated carbocycles. The van der Waals surface area contributed by atoms with Gasteiger partial charge in [-0.2, -0.15) is 0 Å². The Kier molecular flexibility index (Phi) is 5.42. The first-order valence-corrected chi connectivity index (χ1v) is 9.43. The van der Waals surface area contributed by atoms with Crippen molar-refractivity contribution in [1.82, 2.24) is 0 Å². The number of nitrogens with one attached hydrogen (secondary N) is 2. The Morgan fingerprint density at radius 3 is 2.31 bits per heavy atom. The summed E-state index contributed by atoms with van der Waals surface area (Å²) in [6.07, 6.45) is 0.199. The molecule has 0 radical (unpaired) electrons. The largest absolute Gasteiger partial charge is 0.482 e. The van der Waals surface area contributed by atoms with E-state index in [1.165, 1.54) is 0 Å². The third-order valence-corrected chi connectivity index (χ3v) is 4.60. The normalized spacial score (nSPS) is 12.7. The molecule has 1 aliphatic heterocycles. The van der Waals surface area contributed by atoms with Crippen LogP contribution in [0.15, 0.2) is 78.9 Å². The number of anilines is 4. The minimum atomic E-state index is -0.148. The summed E-state index contributed by atoms with van der Waals surface area (Å²) >= 11 is 0. The second-order valence-corrected chi connectivity index (χ2v) is 6.67. The van der Waals surface area contributed by atoms with Gasteiger partial charge in [0.05, 0.1) is 5.69 Å². The number of ether oxygens (including phenoxy) is 1. The average Bonchev–Trinajstić information content (AvgIpc) is 2.75. The van der Waals surface area contributed by atoms with Gasteiger partial charge in [0.15, 0.2) is 6.61 Å². The van der Waals surface area contributed by atoms with E-state index in [1.54, 1.807) is 4.90 Å². The number of nitrogens with zero attached hydrogens (tertiary/aromatic N) is 1. The van der Waals surface area contributed by atoms with Gasteiger partial charge in [0.2, 0.25) is 5.91 Å². The minimum Gasteiger partial charge on any atom is -0.482 e. The summed E-state index contributed by atoms with van der Waals surface area (Å²) in [4.78, 5) is 26.1. The maximum Gasteiger partial charge on any atom is 0.265 e. The van der Waals surface area contributed by atoms with E-state index in [0.29, 0.717) is 23.7 Å². The van der Waals surface area contributed by atoms with Crippen LogP contribution >= 0.6 is 0 Å². The van der Waals surface area contributed by atoms with E-state index in [9.17, 15) is 9.59 Å². The van der Waals surface area contributed by atoms with Crippen LogP contribution in [0.4, 0.5) is 22.7 Å². The van der Waals surface area contributed by atoms with E-state index in [1.807, 2.05) is 78.9 Å². The molecular weight excluding hydrogens is 366 g/mol. The molecule has 0 bridgehead atoms. The Balaban J connectivity index is 1.33. The van der Waals surface area contributed by atoms with Crippen LogP contribution in [-0.4, -0.2) is 25.0 Å². The number of rotatable bonds is 6. The van der Waals surface area contributed by atoms with Gasteiger partial charge in [-0.25, -0.2) is 0 Å². The van der Waals surface area contributed by atoms with Crippen molar-refractivity contribution < 1.29 is 14.3 Å². The summed E-state index contributed by atoms with van der Waals surface area (Å²) in [6.45, 7) is 0.299. The van der Waals surface area contributed by atoms with Gasteiger partial charge in [-0.05, 0) is 48.5 Å². The Hall–Kier alpha value is -3.80. The van der Waals surface area contributed by atoms with Crippen LogP contribution in [-0.2, 0) is 9.59 Å². The Morgan fingerprint density at radius 1 is 0.862 bits per heavy atom. The molecule has 0 fully saturated rings. The van der Waals surface area contributed by atoms with Crippen molar-refractivity contribution in [3.63, 3.8) is 0 Å². The highest BCUT2D eigenvalue weighted by atomic mass is 16.5. The highest BCUT2D eigenvalue weighted by molar-refractivity contribution is 5.99. The van der Waals surface area contributed by atoms with E-state index in [2.05, 4.69) is 10.6 Å². The van der Waals surface area contributed by atoms with E-state index >= 15 is 0 Å². The van der Waals surface area contributed by atoms with Crippen LogP contribution < -0.4 is 20.3 Å². The monoisotopic (exact) mass is 387 g/mol. The van der Waals surface area contributed by atoms with E-state index < -0.39 is 0 Å². The summed E-state index contributed by atoms with van der Waals surface area (Å²) in [7, 11) is 0. The number of hydrogen-bond donors (Lipinski definition) is 2. The topological polar surface area (TPSA) is 70.7 Å². The molecule has 0 aliphatic carbocycles. The van der Waals surface area contributed by atoms with Gasteiger partial charge in [0, 0.05) is 30.0 Å². The first-order chi connectivity index (χ1) is 14.2. The Morgan fingerprint density at radius 2 is 1.52 bits per heavy atom. The summed E-state index contributed by atoms with van der Waals surface area (Å²) < 4.78 is 5.42. The number of para-hydroxylation sites is 3. The number of carbonyl (C=O) groups is 2. The number of hydrogen-bond acceptors (Lipinski definition) is 4. The third-order valence-electron chi connectivity index (χ3n) is 4.60. The standard InChI is InChI=1S/C23H21N3O3/c27-22(14-15-26-20-8-4-5-9-21(20)29-16-23(26)28)25-19-12-10-18(11-13-19)24-17-6-2-1-3-7-17/h1-13,24H,14-16H2,(H,25,27). The number of benzene rings is 3. The van der Waals surface area contributed by atoms with E-state index in [0.717, 1.165) is 11.4 Å². The summed E-state index contributed by atoms with van der Waals surface area (Å²) in [5.41, 5.74) is 3.35. The van der Waals surface area contributed by atoms with Gasteiger partial charge in [-0.3, -0.25) is 9.59 Å². The van der Waals surface area contributed by atoms with Crippen molar-refractivity contribution in [2.24, 2.45) is 0 Å². The molecule has 0 aromatic heterocycles. The first-order valence-electron chi connectivity index (χ1n) is 9.43. The van der Waals surface area contributed by atoms with Crippen LogP contribution in [0, 0.1) is 0 Å². The van der Waals surface area contributed by atoms with Gasteiger partial charge in [0.25, 0.3) is 5.91 Å². The van der Waals surface area contributed by atoms with E-state index in [4.69, 9.17) is 4.74 Å². The Bertz CT molecular complexity index is 1000. The van der Waals surface area contributed by atoms with Crippen LogP contribution in [0.2, 0.25) is 0 Å². The molecule has 3 aromatic rings. The molecule has 0 spiro atoms. The molecule has 0 atom stereocenters. The molecule has 29 heavy (non-hydrogen) atoms. The van der Waals surface area contributed by atoms with Crippen molar-refractivity contribution in [3.05, 3.63) is 78.9 Å². The molecule has 0 unspecified atom stereocenters. The van der Waals surface area contributed by atoms with Crippen molar-refractivity contribution in [2.75, 3.05) is 28.7 Å². The highest BCUT2D eigenvalue weighted by Gasteiger charge is 2.25. The predicted octanol–water partition coefficient (Wildman–Crippen LogP) is 4.18. The number of amides is 2. The summed E-state index contributed by atoms with van der Waals surface area (Å²) in [5, 5.41) is 6.17.